The number of hydrogen-bond donors (Lipinski definition) is 3. The van der Waals surface area contributed by atoms with Crippen molar-refractivity contribution in [1.82, 2.24) is 15.2 Å². The summed E-state index contributed by atoms with van der Waals surface area (Å²) in [5.41, 5.74) is 8.06. The second kappa shape index (κ2) is 8.93. The third-order valence-electron chi connectivity index (χ3n) is 6.45. The maximum atomic E-state index is 13.3. The number of cyclic esters (lactones) is 1. The number of aromatic nitrogens is 1. The minimum Gasteiger partial charge on any atom is -0.456 e. The minimum atomic E-state index is -0.362. The smallest absolute Gasteiger partial charge is 0.333 e. The van der Waals surface area contributed by atoms with Crippen molar-refractivity contribution in [1.29, 1.82) is 5.53 Å². The summed E-state index contributed by atoms with van der Waals surface area (Å²) >= 11 is 0. The molecule has 31 heavy (non-hydrogen) atoms. The zero-order valence-electron chi connectivity index (χ0n) is 17.5. The number of amides is 1. The number of carbonyl (C=O) groups excluding carboxylic acids is 2. The van der Waals surface area contributed by atoms with Crippen LogP contribution in [-0.2, 0) is 20.9 Å². The SMILES string of the molecule is C[C@H]1C[C@]2(CC[C@H](NCc3ccc(N/C=N\N=N)nc3)CC2)C(=O)N1C1=CC(=O)OC1. The quantitative estimate of drug-likeness (QED) is 0.202. The number of ether oxygens (including phenoxy) is 1. The van der Waals surface area contributed by atoms with Gasteiger partial charge in [-0.3, -0.25) is 4.79 Å². The fourth-order valence-corrected chi connectivity index (χ4v) is 4.91. The van der Waals surface area contributed by atoms with Crippen molar-refractivity contribution >= 4 is 24.0 Å². The third-order valence-corrected chi connectivity index (χ3v) is 6.45. The molecule has 10 nitrogen and oxygen atoms in total. The molecule has 1 aromatic heterocycles. The number of nitrogens with zero attached hydrogens (tertiary/aromatic N) is 4. The normalized spacial score (nSPS) is 28.3. The van der Waals surface area contributed by atoms with Crippen LogP contribution in [0.3, 0.4) is 0 Å². The molecular formula is C21H27N7O3. The molecule has 0 radical (unpaired) electrons. The van der Waals surface area contributed by atoms with Crippen molar-refractivity contribution in [2.45, 2.75) is 57.7 Å². The van der Waals surface area contributed by atoms with Gasteiger partial charge in [-0.25, -0.2) is 9.78 Å². The molecule has 0 unspecified atom stereocenters. The predicted octanol–water partition coefficient (Wildman–Crippen LogP) is 2.55. The van der Waals surface area contributed by atoms with Crippen molar-refractivity contribution in [3.05, 3.63) is 35.7 Å². The summed E-state index contributed by atoms with van der Waals surface area (Å²) < 4.78 is 5.01. The maximum absolute atomic E-state index is 13.3. The molecule has 0 bridgehead atoms. The van der Waals surface area contributed by atoms with Crippen LogP contribution in [0.2, 0.25) is 0 Å². The molecule has 1 saturated heterocycles. The summed E-state index contributed by atoms with van der Waals surface area (Å²) in [6.45, 7) is 2.97. The van der Waals surface area contributed by atoms with E-state index in [0.717, 1.165) is 37.7 Å². The topological polar surface area (TPSA) is 132 Å². The third kappa shape index (κ3) is 4.48. The van der Waals surface area contributed by atoms with E-state index in [9.17, 15) is 9.59 Å². The van der Waals surface area contributed by atoms with Crippen LogP contribution in [0.25, 0.3) is 0 Å². The van der Waals surface area contributed by atoms with Gasteiger partial charge in [0, 0.05) is 30.9 Å². The molecule has 1 aromatic rings. The van der Waals surface area contributed by atoms with Gasteiger partial charge in [0.15, 0.2) is 0 Å². The lowest BCUT2D eigenvalue weighted by molar-refractivity contribution is -0.138. The standard InChI is InChI=1S/C21H27N7O3/c1-14-9-21(20(30)28(14)17-8-19(29)31-12-17)6-4-16(5-7-21)23-10-15-2-3-18(24-11-15)25-13-26-27-22/h2-3,8,11,13-14,16,23H,4-7,9-10,12H2,1H3,(H2,22,24,25,26)/t14-,16-,21+/m0/s1. The molecule has 2 aliphatic heterocycles. The van der Waals surface area contributed by atoms with E-state index in [1.807, 2.05) is 12.1 Å². The van der Waals surface area contributed by atoms with Crippen LogP contribution in [-0.4, -0.2) is 46.8 Å². The number of nitrogens with one attached hydrogen (secondary N) is 3. The lowest BCUT2D eigenvalue weighted by Gasteiger charge is -2.36. The summed E-state index contributed by atoms with van der Waals surface area (Å²) in [6.07, 6.45) is 8.99. The average Bonchev–Trinajstić information content (AvgIpc) is 3.29. The van der Waals surface area contributed by atoms with E-state index >= 15 is 0 Å². The highest BCUT2D eigenvalue weighted by Gasteiger charge is 2.52. The van der Waals surface area contributed by atoms with Gasteiger partial charge in [0.05, 0.1) is 11.1 Å². The number of hydrogen-bond acceptors (Lipinski definition) is 7. The first-order valence-corrected chi connectivity index (χ1v) is 10.5. The Morgan fingerprint density at radius 3 is 2.81 bits per heavy atom. The van der Waals surface area contributed by atoms with E-state index in [0.29, 0.717) is 24.1 Å². The van der Waals surface area contributed by atoms with Crippen LogP contribution in [0, 0.1) is 10.9 Å². The lowest BCUT2D eigenvalue weighted by Crippen LogP contribution is -2.42. The number of esters is 1. The summed E-state index contributed by atoms with van der Waals surface area (Å²) in [6, 6.07) is 4.29. The van der Waals surface area contributed by atoms with Crippen LogP contribution in [0.4, 0.5) is 5.82 Å². The molecule has 3 heterocycles. The first kappa shape index (κ1) is 21.1. The number of pyridine rings is 1. The zero-order valence-corrected chi connectivity index (χ0v) is 17.5. The average molecular weight is 425 g/mol. The Labute approximate surface area is 180 Å². The van der Waals surface area contributed by atoms with Crippen molar-refractivity contribution in [3.8, 4) is 0 Å². The van der Waals surface area contributed by atoms with Crippen LogP contribution in [0.1, 0.15) is 44.6 Å². The first-order chi connectivity index (χ1) is 15.0. The molecule has 1 spiro atoms. The maximum Gasteiger partial charge on any atom is 0.333 e. The van der Waals surface area contributed by atoms with Crippen LogP contribution >= 0.6 is 0 Å². The van der Waals surface area contributed by atoms with Crippen molar-refractivity contribution < 1.29 is 14.3 Å². The van der Waals surface area contributed by atoms with Gasteiger partial charge in [-0.05, 0) is 50.7 Å². The van der Waals surface area contributed by atoms with Crippen molar-refractivity contribution in [2.24, 2.45) is 15.7 Å². The summed E-state index contributed by atoms with van der Waals surface area (Å²) in [5.74, 6) is 0.425. The van der Waals surface area contributed by atoms with Crippen molar-refractivity contribution in [2.75, 3.05) is 11.9 Å². The fourth-order valence-electron chi connectivity index (χ4n) is 4.91. The molecule has 10 heteroatoms. The Morgan fingerprint density at radius 1 is 1.35 bits per heavy atom. The summed E-state index contributed by atoms with van der Waals surface area (Å²) in [4.78, 5) is 30.8. The zero-order chi connectivity index (χ0) is 21.8. The van der Waals surface area contributed by atoms with Crippen LogP contribution in [0.5, 0.6) is 0 Å². The molecule has 164 valence electrons. The van der Waals surface area contributed by atoms with Gasteiger partial charge in [-0.1, -0.05) is 11.3 Å². The largest absolute Gasteiger partial charge is 0.456 e. The first-order valence-electron chi connectivity index (χ1n) is 10.5. The summed E-state index contributed by atoms with van der Waals surface area (Å²) in [5, 5.41) is 12.7. The molecule has 3 aliphatic rings. The van der Waals surface area contributed by atoms with E-state index in [4.69, 9.17) is 10.3 Å². The minimum absolute atomic E-state index is 0.0933. The predicted molar refractivity (Wildman–Crippen MR) is 113 cm³/mol. The number of carbonyl (C=O) groups is 2. The van der Waals surface area contributed by atoms with Gasteiger partial charge >= 0.3 is 5.97 Å². The molecular weight excluding hydrogens is 398 g/mol. The molecule has 0 aromatic carbocycles. The van der Waals surface area contributed by atoms with Gasteiger partial charge in [0.2, 0.25) is 5.91 Å². The van der Waals surface area contributed by atoms with Gasteiger partial charge in [0.1, 0.15) is 18.8 Å². The van der Waals surface area contributed by atoms with E-state index in [1.165, 1.54) is 12.4 Å². The molecule has 1 atom stereocenters. The number of likely N-dealkylation sites (tertiary alicyclic amines) is 1. The van der Waals surface area contributed by atoms with Crippen LogP contribution < -0.4 is 10.6 Å². The Kier molecular flexibility index (Phi) is 6.08. The second-order valence-corrected chi connectivity index (χ2v) is 8.45. The van der Waals surface area contributed by atoms with Gasteiger partial charge in [-0.2, -0.15) is 5.53 Å². The molecule has 1 saturated carbocycles. The molecule has 3 N–H and O–H groups in total. The molecule has 2 fully saturated rings. The Hall–Kier alpha value is -3.14. The number of anilines is 1. The van der Waals surface area contributed by atoms with Gasteiger partial charge in [-0.15, -0.1) is 5.10 Å². The monoisotopic (exact) mass is 425 g/mol. The van der Waals surface area contributed by atoms with Gasteiger partial charge < -0.3 is 20.3 Å². The van der Waals surface area contributed by atoms with Crippen LogP contribution in [0.15, 0.2) is 40.4 Å². The summed E-state index contributed by atoms with van der Waals surface area (Å²) in [7, 11) is 0. The Balaban J connectivity index is 1.28. The fraction of sp³-hybridized carbons (Fsp3) is 0.524. The van der Waals surface area contributed by atoms with E-state index in [1.54, 1.807) is 11.1 Å². The second-order valence-electron chi connectivity index (χ2n) is 8.45. The van der Waals surface area contributed by atoms with E-state index in [-0.39, 0.29) is 29.9 Å². The van der Waals surface area contributed by atoms with E-state index in [2.05, 4.69) is 32.9 Å². The Morgan fingerprint density at radius 2 is 2.16 bits per heavy atom. The molecule has 4 rings (SSSR count). The van der Waals surface area contributed by atoms with E-state index < -0.39 is 0 Å². The molecule has 1 aliphatic carbocycles. The highest BCUT2D eigenvalue weighted by atomic mass is 16.5. The van der Waals surface area contributed by atoms with Gasteiger partial charge in [0.25, 0.3) is 0 Å². The lowest BCUT2D eigenvalue weighted by atomic mass is 9.70. The number of rotatable bonds is 7. The molecule has 1 amide bonds. The highest BCUT2D eigenvalue weighted by Crippen LogP contribution is 2.48. The van der Waals surface area contributed by atoms with Crippen molar-refractivity contribution in [3.63, 3.8) is 0 Å². The Bertz CT molecular complexity index is 904. The highest BCUT2D eigenvalue weighted by molar-refractivity contribution is 5.91.